The van der Waals surface area contributed by atoms with Gasteiger partial charge in [0, 0.05) is 6.42 Å². The van der Waals surface area contributed by atoms with Crippen molar-refractivity contribution in [2.24, 2.45) is 0 Å². The van der Waals surface area contributed by atoms with Crippen molar-refractivity contribution in [3.63, 3.8) is 0 Å². The fourth-order valence-corrected chi connectivity index (χ4v) is 1.76. The molecule has 1 N–H and O–H groups in total. The van der Waals surface area contributed by atoms with Gasteiger partial charge in [-0.25, -0.2) is 0 Å². The van der Waals surface area contributed by atoms with Crippen molar-refractivity contribution >= 4 is 5.91 Å². The van der Waals surface area contributed by atoms with E-state index in [0.29, 0.717) is 23.9 Å². The Kier molecular flexibility index (Phi) is 4.34. The number of nitrogens with one attached hydrogen (secondary N) is 1. The first-order valence-corrected chi connectivity index (χ1v) is 6.42. The van der Waals surface area contributed by atoms with Crippen LogP contribution in [0.25, 0.3) is 11.4 Å². The molecule has 0 bridgehead atoms. The first-order chi connectivity index (χ1) is 9.65. The maximum atomic E-state index is 11.4. The van der Waals surface area contributed by atoms with Crippen LogP contribution in [0.2, 0.25) is 0 Å². The molecule has 0 radical (unpaired) electrons. The molecule has 0 spiro atoms. The van der Waals surface area contributed by atoms with Crippen LogP contribution >= 0.6 is 0 Å². The Morgan fingerprint density at radius 1 is 1.45 bits per heavy atom. The summed E-state index contributed by atoms with van der Waals surface area (Å²) in [6, 6.07) is 7.10. The summed E-state index contributed by atoms with van der Waals surface area (Å²) in [5.74, 6) is 1.42. The number of amides is 1. The summed E-state index contributed by atoms with van der Waals surface area (Å²) >= 11 is 0. The highest BCUT2D eigenvalue weighted by atomic mass is 16.5. The first-order valence-electron chi connectivity index (χ1n) is 6.42. The van der Waals surface area contributed by atoms with E-state index in [0.717, 1.165) is 5.56 Å². The van der Waals surface area contributed by atoms with E-state index in [-0.39, 0.29) is 11.9 Å². The van der Waals surface area contributed by atoms with Crippen molar-refractivity contribution in [3.05, 3.63) is 30.2 Å². The van der Waals surface area contributed by atoms with Crippen LogP contribution in [0, 0.1) is 0 Å². The predicted molar refractivity (Wildman–Crippen MR) is 73.1 cm³/mol. The maximum absolute atomic E-state index is 11.4. The molecule has 106 valence electrons. The molecule has 6 heteroatoms. The van der Waals surface area contributed by atoms with Crippen molar-refractivity contribution in [2.75, 3.05) is 7.11 Å². The molecule has 0 aliphatic heterocycles. The Morgan fingerprint density at radius 3 is 2.90 bits per heavy atom. The molecular weight excluding hydrogens is 258 g/mol. The van der Waals surface area contributed by atoms with Gasteiger partial charge in [0.2, 0.25) is 17.6 Å². The van der Waals surface area contributed by atoms with Gasteiger partial charge in [-0.15, -0.1) is 0 Å². The highest BCUT2D eigenvalue weighted by molar-refractivity contribution is 5.75. The number of carbonyl (C=O) groups excluding carboxylic acids is 1. The van der Waals surface area contributed by atoms with E-state index in [1.165, 1.54) is 0 Å². The molecule has 0 saturated carbocycles. The molecule has 2 aromatic rings. The number of methoxy groups -OCH3 is 1. The first kappa shape index (κ1) is 14.0. The fraction of sp³-hybridized carbons (Fsp3) is 0.357. The van der Waals surface area contributed by atoms with Gasteiger partial charge in [0.05, 0.1) is 12.7 Å². The van der Waals surface area contributed by atoms with Gasteiger partial charge in [-0.1, -0.05) is 24.2 Å². The Labute approximate surface area is 117 Å². The number of nitrogens with zero attached hydrogens (tertiary/aromatic N) is 2. The molecule has 6 nitrogen and oxygen atoms in total. The van der Waals surface area contributed by atoms with Gasteiger partial charge in [0.1, 0.15) is 11.8 Å². The lowest BCUT2D eigenvalue weighted by molar-refractivity contribution is -0.121. The zero-order valence-electron chi connectivity index (χ0n) is 11.7. The predicted octanol–water partition coefficient (Wildman–Crippen LogP) is 2.33. The lowest BCUT2D eigenvalue weighted by atomic mass is 10.2. The Balaban J connectivity index is 2.22. The number of hydrogen-bond donors (Lipinski definition) is 1. The molecule has 1 amide bonds. The smallest absolute Gasteiger partial charge is 0.249 e. The lowest BCUT2D eigenvalue weighted by Gasteiger charge is -2.07. The summed E-state index contributed by atoms with van der Waals surface area (Å²) in [7, 11) is 1.59. The van der Waals surface area contributed by atoms with Crippen LogP contribution in [-0.2, 0) is 4.79 Å². The van der Waals surface area contributed by atoms with E-state index in [2.05, 4.69) is 15.5 Å². The molecular formula is C14H17N3O3. The van der Waals surface area contributed by atoms with Crippen molar-refractivity contribution in [2.45, 2.75) is 26.3 Å². The van der Waals surface area contributed by atoms with Crippen LogP contribution in [0.1, 0.15) is 32.2 Å². The zero-order valence-corrected chi connectivity index (χ0v) is 11.7. The molecule has 0 saturated heterocycles. The van der Waals surface area contributed by atoms with E-state index < -0.39 is 0 Å². The molecule has 1 aromatic carbocycles. The number of ether oxygens (including phenoxy) is 1. The largest absolute Gasteiger partial charge is 0.496 e. The second-order valence-electron chi connectivity index (χ2n) is 4.30. The summed E-state index contributed by atoms with van der Waals surface area (Å²) < 4.78 is 10.5. The SMILES string of the molecule is CCC(=O)N[C@@H](C)c1nc(-c2ccccc2OC)no1. The van der Waals surface area contributed by atoms with E-state index in [1.54, 1.807) is 21.0 Å². The van der Waals surface area contributed by atoms with Crippen molar-refractivity contribution < 1.29 is 14.1 Å². The van der Waals surface area contributed by atoms with Crippen molar-refractivity contribution in [1.82, 2.24) is 15.5 Å². The third-order valence-electron chi connectivity index (χ3n) is 2.86. The van der Waals surface area contributed by atoms with Gasteiger partial charge in [0.25, 0.3) is 0 Å². The third kappa shape index (κ3) is 2.96. The molecule has 1 aromatic heterocycles. The van der Waals surface area contributed by atoms with Crippen molar-refractivity contribution in [1.29, 1.82) is 0 Å². The van der Waals surface area contributed by atoms with E-state index in [1.807, 2.05) is 24.3 Å². The van der Waals surface area contributed by atoms with Gasteiger partial charge in [-0.2, -0.15) is 4.98 Å². The molecule has 1 atom stereocenters. The van der Waals surface area contributed by atoms with Gasteiger partial charge in [-0.05, 0) is 19.1 Å². The number of carbonyl (C=O) groups is 1. The minimum atomic E-state index is -0.321. The molecule has 0 aliphatic rings. The van der Waals surface area contributed by atoms with E-state index in [4.69, 9.17) is 9.26 Å². The molecule has 1 heterocycles. The topological polar surface area (TPSA) is 77.2 Å². The number of benzene rings is 1. The van der Waals surface area contributed by atoms with Crippen LogP contribution in [0.5, 0.6) is 5.75 Å². The Bertz CT molecular complexity index is 595. The minimum absolute atomic E-state index is 0.0606. The van der Waals surface area contributed by atoms with Gasteiger partial charge in [-0.3, -0.25) is 4.79 Å². The quantitative estimate of drug-likeness (QED) is 0.906. The summed E-state index contributed by atoms with van der Waals surface area (Å²) in [6.45, 7) is 3.59. The third-order valence-corrected chi connectivity index (χ3v) is 2.86. The van der Waals surface area contributed by atoms with Crippen LogP contribution in [-0.4, -0.2) is 23.2 Å². The minimum Gasteiger partial charge on any atom is -0.496 e. The monoisotopic (exact) mass is 275 g/mol. The number of hydrogen-bond acceptors (Lipinski definition) is 5. The van der Waals surface area contributed by atoms with E-state index in [9.17, 15) is 4.79 Å². The number of para-hydroxylation sites is 1. The standard InChI is InChI=1S/C14H17N3O3/c1-4-12(18)15-9(2)14-16-13(17-20-14)10-7-5-6-8-11(10)19-3/h5-9H,4H2,1-3H3,(H,15,18)/t9-/m0/s1. The Hall–Kier alpha value is -2.37. The number of aromatic nitrogens is 2. The average molecular weight is 275 g/mol. The summed E-state index contributed by atoms with van der Waals surface area (Å²) in [6.07, 6.45) is 0.415. The van der Waals surface area contributed by atoms with E-state index >= 15 is 0 Å². The zero-order chi connectivity index (χ0) is 14.5. The second kappa shape index (κ2) is 6.18. The highest BCUT2D eigenvalue weighted by Gasteiger charge is 2.18. The second-order valence-corrected chi connectivity index (χ2v) is 4.30. The molecule has 0 aliphatic carbocycles. The van der Waals surface area contributed by atoms with Crippen LogP contribution in [0.4, 0.5) is 0 Å². The van der Waals surface area contributed by atoms with Gasteiger partial charge in [0.15, 0.2) is 0 Å². The summed E-state index contributed by atoms with van der Waals surface area (Å²) in [5.41, 5.74) is 0.749. The van der Waals surface area contributed by atoms with Crippen molar-refractivity contribution in [3.8, 4) is 17.1 Å². The summed E-state index contributed by atoms with van der Waals surface area (Å²) in [5, 5.41) is 6.70. The summed E-state index contributed by atoms with van der Waals surface area (Å²) in [4.78, 5) is 15.7. The lowest BCUT2D eigenvalue weighted by Crippen LogP contribution is -2.25. The highest BCUT2D eigenvalue weighted by Crippen LogP contribution is 2.27. The van der Waals surface area contributed by atoms with Gasteiger partial charge >= 0.3 is 0 Å². The molecule has 2 rings (SSSR count). The maximum Gasteiger partial charge on any atom is 0.249 e. The average Bonchev–Trinajstić information content (AvgIpc) is 2.96. The van der Waals surface area contributed by atoms with Crippen LogP contribution in [0.3, 0.4) is 0 Å². The Morgan fingerprint density at radius 2 is 2.20 bits per heavy atom. The number of rotatable bonds is 5. The fourth-order valence-electron chi connectivity index (χ4n) is 1.76. The molecule has 20 heavy (non-hydrogen) atoms. The van der Waals surface area contributed by atoms with Crippen LogP contribution in [0.15, 0.2) is 28.8 Å². The normalized spacial score (nSPS) is 11.9. The van der Waals surface area contributed by atoms with Gasteiger partial charge < -0.3 is 14.6 Å². The molecule has 0 fully saturated rings. The molecule has 0 unspecified atom stereocenters. The van der Waals surface area contributed by atoms with Crippen LogP contribution < -0.4 is 10.1 Å².